The summed E-state index contributed by atoms with van der Waals surface area (Å²) in [6, 6.07) is 6.17. The van der Waals surface area contributed by atoms with Gasteiger partial charge in [0.05, 0.1) is 24.3 Å². The zero-order valence-corrected chi connectivity index (χ0v) is 16.2. The maximum atomic E-state index is 12.3. The molecule has 1 heterocycles. The number of hydrogen-bond acceptors (Lipinski definition) is 5. The van der Waals surface area contributed by atoms with E-state index in [0.29, 0.717) is 29.6 Å². The van der Waals surface area contributed by atoms with Crippen molar-refractivity contribution in [1.82, 2.24) is 15.8 Å². The Morgan fingerprint density at radius 2 is 1.89 bits per heavy atom. The van der Waals surface area contributed by atoms with Crippen LogP contribution in [0.2, 0.25) is 5.02 Å². The first-order valence-corrected chi connectivity index (χ1v) is 8.81. The summed E-state index contributed by atoms with van der Waals surface area (Å²) in [7, 11) is 1.47. The fraction of sp³-hybridized carbons (Fsp3) is 0.316. The second-order valence-electron chi connectivity index (χ2n) is 6.17. The molecule has 0 saturated heterocycles. The molecule has 2 N–H and O–H groups in total. The van der Waals surface area contributed by atoms with E-state index in [1.54, 1.807) is 18.3 Å². The maximum absolute atomic E-state index is 12.3. The lowest BCUT2D eigenvalue weighted by atomic mass is 10.1. The van der Waals surface area contributed by atoms with Crippen molar-refractivity contribution in [3.63, 3.8) is 0 Å². The van der Waals surface area contributed by atoms with Crippen molar-refractivity contribution in [2.75, 3.05) is 13.7 Å². The molecule has 0 atom stereocenters. The van der Waals surface area contributed by atoms with Gasteiger partial charge in [0, 0.05) is 18.0 Å². The second-order valence-corrected chi connectivity index (χ2v) is 6.58. The van der Waals surface area contributed by atoms with Gasteiger partial charge in [-0.1, -0.05) is 25.4 Å². The van der Waals surface area contributed by atoms with Crippen molar-refractivity contribution in [3.05, 3.63) is 52.8 Å². The number of aromatic nitrogens is 1. The van der Waals surface area contributed by atoms with Gasteiger partial charge in [-0.15, -0.1) is 0 Å². The minimum absolute atomic E-state index is 0.222. The number of benzene rings is 1. The van der Waals surface area contributed by atoms with E-state index in [4.69, 9.17) is 21.1 Å². The van der Waals surface area contributed by atoms with E-state index in [1.807, 2.05) is 0 Å². The summed E-state index contributed by atoms with van der Waals surface area (Å²) in [6.45, 7) is 4.67. The van der Waals surface area contributed by atoms with Crippen LogP contribution in [0.4, 0.5) is 0 Å². The molecule has 7 nitrogen and oxygen atoms in total. The van der Waals surface area contributed by atoms with Gasteiger partial charge in [0.1, 0.15) is 0 Å². The molecule has 0 fully saturated rings. The fourth-order valence-electron chi connectivity index (χ4n) is 2.14. The molecule has 0 bridgehead atoms. The highest BCUT2D eigenvalue weighted by Gasteiger charge is 2.17. The number of carbonyl (C=O) groups is 2. The van der Waals surface area contributed by atoms with Gasteiger partial charge in [-0.05, 0) is 36.6 Å². The zero-order chi connectivity index (χ0) is 19.8. The van der Waals surface area contributed by atoms with Crippen LogP contribution in [0.15, 0.2) is 36.7 Å². The highest BCUT2D eigenvalue weighted by atomic mass is 35.5. The molecule has 0 saturated carbocycles. The van der Waals surface area contributed by atoms with Gasteiger partial charge in [-0.3, -0.25) is 25.4 Å². The average Bonchev–Trinajstić information content (AvgIpc) is 2.67. The number of carbonyl (C=O) groups excluding carboxylic acids is 2. The Labute approximate surface area is 163 Å². The van der Waals surface area contributed by atoms with Crippen molar-refractivity contribution < 1.29 is 19.1 Å². The van der Waals surface area contributed by atoms with Gasteiger partial charge in [-0.25, -0.2) is 0 Å². The molecule has 1 aromatic heterocycles. The van der Waals surface area contributed by atoms with E-state index in [0.717, 1.165) is 6.42 Å². The summed E-state index contributed by atoms with van der Waals surface area (Å²) < 4.78 is 11.0. The smallest absolute Gasteiger partial charge is 0.271 e. The summed E-state index contributed by atoms with van der Waals surface area (Å²) >= 11 is 6.25. The molecule has 2 rings (SSSR count). The minimum Gasteiger partial charge on any atom is -0.493 e. The van der Waals surface area contributed by atoms with Gasteiger partial charge >= 0.3 is 0 Å². The molecule has 27 heavy (non-hydrogen) atoms. The standard InChI is InChI=1S/C19H22ClN3O4/c1-12(2)6-8-27-17-15(20)9-14(10-16(17)26-3)19(25)23-22-18(24)13-5-4-7-21-11-13/h4-5,7,9-12H,6,8H2,1-3H3,(H,22,24)(H,23,25). The SMILES string of the molecule is COc1cc(C(=O)NNC(=O)c2cccnc2)cc(Cl)c1OCCC(C)C. The number of ether oxygens (including phenoxy) is 2. The summed E-state index contributed by atoms with van der Waals surface area (Å²) in [6.07, 6.45) is 3.81. The van der Waals surface area contributed by atoms with Gasteiger partial charge in [-0.2, -0.15) is 0 Å². The molecule has 8 heteroatoms. The molecule has 0 aliphatic rings. The number of nitrogens with one attached hydrogen (secondary N) is 2. The normalized spacial score (nSPS) is 10.4. The second kappa shape index (κ2) is 9.78. The number of hydrazine groups is 1. The summed E-state index contributed by atoms with van der Waals surface area (Å²) in [4.78, 5) is 28.1. The van der Waals surface area contributed by atoms with Crippen molar-refractivity contribution in [2.24, 2.45) is 5.92 Å². The quantitative estimate of drug-likeness (QED) is 0.707. The molecular formula is C19H22ClN3O4. The first-order valence-electron chi connectivity index (χ1n) is 8.43. The molecule has 0 radical (unpaired) electrons. The molecule has 0 unspecified atom stereocenters. The van der Waals surface area contributed by atoms with Crippen LogP contribution in [-0.4, -0.2) is 30.5 Å². The number of halogens is 1. The lowest BCUT2D eigenvalue weighted by Crippen LogP contribution is -2.41. The highest BCUT2D eigenvalue weighted by Crippen LogP contribution is 2.36. The van der Waals surface area contributed by atoms with Crippen LogP contribution in [0.3, 0.4) is 0 Å². The Morgan fingerprint density at radius 1 is 1.19 bits per heavy atom. The third kappa shape index (κ3) is 5.86. The van der Waals surface area contributed by atoms with Crippen LogP contribution in [0.5, 0.6) is 11.5 Å². The first kappa shape index (κ1) is 20.5. The Kier molecular flexibility index (Phi) is 7.43. The maximum Gasteiger partial charge on any atom is 0.271 e. The minimum atomic E-state index is -0.541. The zero-order valence-electron chi connectivity index (χ0n) is 15.4. The van der Waals surface area contributed by atoms with E-state index in [-0.39, 0.29) is 10.6 Å². The van der Waals surface area contributed by atoms with Gasteiger partial charge < -0.3 is 9.47 Å². The predicted octanol–water partition coefficient (Wildman–Crippen LogP) is 3.24. The number of methoxy groups -OCH3 is 1. The first-order chi connectivity index (χ1) is 12.9. The van der Waals surface area contributed by atoms with E-state index in [1.165, 1.54) is 25.4 Å². The third-order valence-electron chi connectivity index (χ3n) is 3.65. The molecule has 2 amide bonds. The molecule has 2 aromatic rings. The van der Waals surface area contributed by atoms with Gasteiger partial charge in [0.15, 0.2) is 11.5 Å². The molecule has 0 aliphatic carbocycles. The average molecular weight is 392 g/mol. The number of nitrogens with zero attached hydrogens (tertiary/aromatic N) is 1. The van der Waals surface area contributed by atoms with E-state index >= 15 is 0 Å². The van der Waals surface area contributed by atoms with E-state index in [9.17, 15) is 9.59 Å². The van der Waals surface area contributed by atoms with Crippen LogP contribution in [0, 0.1) is 5.92 Å². The van der Waals surface area contributed by atoms with Crippen LogP contribution in [0.25, 0.3) is 0 Å². The van der Waals surface area contributed by atoms with Crippen molar-refractivity contribution in [2.45, 2.75) is 20.3 Å². The molecule has 0 spiro atoms. The van der Waals surface area contributed by atoms with Gasteiger partial charge in [0.2, 0.25) is 0 Å². The Bertz CT molecular complexity index is 797. The molecule has 1 aromatic carbocycles. The van der Waals surface area contributed by atoms with E-state index < -0.39 is 11.8 Å². The van der Waals surface area contributed by atoms with Gasteiger partial charge in [0.25, 0.3) is 11.8 Å². The largest absolute Gasteiger partial charge is 0.493 e. The van der Waals surface area contributed by atoms with Crippen LogP contribution in [0.1, 0.15) is 41.0 Å². The monoisotopic (exact) mass is 391 g/mol. The van der Waals surface area contributed by atoms with Crippen molar-refractivity contribution >= 4 is 23.4 Å². The Morgan fingerprint density at radius 3 is 2.48 bits per heavy atom. The summed E-state index contributed by atoms with van der Waals surface area (Å²) in [5.41, 5.74) is 5.20. The molecular weight excluding hydrogens is 370 g/mol. The number of pyridine rings is 1. The van der Waals surface area contributed by atoms with Crippen LogP contribution >= 0.6 is 11.6 Å². The Balaban J connectivity index is 2.05. The topological polar surface area (TPSA) is 89.6 Å². The van der Waals surface area contributed by atoms with Crippen LogP contribution in [-0.2, 0) is 0 Å². The number of amides is 2. The number of hydrogen-bond donors (Lipinski definition) is 2. The van der Waals surface area contributed by atoms with E-state index in [2.05, 4.69) is 29.7 Å². The van der Waals surface area contributed by atoms with Crippen LogP contribution < -0.4 is 20.3 Å². The molecule has 144 valence electrons. The number of rotatable bonds is 7. The van der Waals surface area contributed by atoms with Crippen molar-refractivity contribution in [3.8, 4) is 11.5 Å². The highest BCUT2D eigenvalue weighted by molar-refractivity contribution is 6.32. The molecule has 0 aliphatic heterocycles. The summed E-state index contributed by atoms with van der Waals surface area (Å²) in [5, 5.41) is 0.252. The predicted molar refractivity (Wildman–Crippen MR) is 102 cm³/mol. The lowest BCUT2D eigenvalue weighted by molar-refractivity contribution is 0.0846. The summed E-state index contributed by atoms with van der Waals surface area (Å²) in [5.74, 6) is 0.193. The van der Waals surface area contributed by atoms with Crippen molar-refractivity contribution in [1.29, 1.82) is 0 Å². The fourth-order valence-corrected chi connectivity index (χ4v) is 2.41. The Hall–Kier alpha value is -2.80. The lowest BCUT2D eigenvalue weighted by Gasteiger charge is -2.15. The third-order valence-corrected chi connectivity index (χ3v) is 3.93.